The minimum atomic E-state index is -0.786. The number of likely N-dealkylation sites (tertiary alicyclic amines) is 1. The number of carbonyl (C=O) groups is 1. The van der Waals surface area contributed by atoms with E-state index >= 15 is 0 Å². The summed E-state index contributed by atoms with van der Waals surface area (Å²) >= 11 is 12.4. The molecule has 1 fully saturated rings. The molecule has 0 spiro atoms. The average Bonchev–Trinajstić information content (AvgIpc) is 3.04. The van der Waals surface area contributed by atoms with Gasteiger partial charge in [-0.2, -0.15) is 0 Å². The molecule has 3 atom stereocenters. The van der Waals surface area contributed by atoms with Crippen molar-refractivity contribution in [2.75, 3.05) is 13.1 Å². The van der Waals surface area contributed by atoms with E-state index in [2.05, 4.69) is 0 Å². The lowest BCUT2D eigenvalue weighted by atomic mass is 10.1. The molecule has 0 aromatic heterocycles. The Hall–Kier alpha value is -1.75. The number of amides is 1. The molecule has 0 saturated carbocycles. The van der Waals surface area contributed by atoms with Crippen LogP contribution in [0.3, 0.4) is 0 Å². The molecule has 138 valence electrons. The molecule has 2 aromatic carbocycles. The maximum atomic E-state index is 13.3. The van der Waals surface area contributed by atoms with E-state index in [1.165, 1.54) is 0 Å². The Bertz CT molecular complexity index is 770. The van der Waals surface area contributed by atoms with Crippen LogP contribution in [0.4, 0.5) is 0 Å². The molecule has 1 aliphatic rings. The molecule has 6 heteroatoms. The summed E-state index contributed by atoms with van der Waals surface area (Å²) in [7, 11) is 0. The van der Waals surface area contributed by atoms with Gasteiger partial charge in [0.25, 0.3) is 5.91 Å². The molecule has 1 saturated heterocycles. The Morgan fingerprint density at radius 2 is 1.96 bits per heavy atom. The van der Waals surface area contributed by atoms with Gasteiger partial charge in [0.05, 0.1) is 5.02 Å². The van der Waals surface area contributed by atoms with Crippen LogP contribution >= 0.6 is 23.2 Å². The number of hydrogen-bond acceptors (Lipinski definition) is 3. The number of carbonyl (C=O) groups excluding carboxylic acids is 1. The third-order valence-electron chi connectivity index (χ3n) is 4.77. The topological polar surface area (TPSA) is 55.6 Å². The van der Waals surface area contributed by atoms with Gasteiger partial charge >= 0.3 is 0 Å². The van der Waals surface area contributed by atoms with Crippen molar-refractivity contribution in [3.05, 3.63) is 64.1 Å². The normalized spacial score (nSPS) is 20.8. The summed E-state index contributed by atoms with van der Waals surface area (Å²) in [4.78, 5) is 15.2. The fourth-order valence-electron chi connectivity index (χ4n) is 3.36. The van der Waals surface area contributed by atoms with Crippen LogP contribution < -0.4 is 10.5 Å². The van der Waals surface area contributed by atoms with Gasteiger partial charge in [0.2, 0.25) is 6.10 Å². The Morgan fingerprint density at radius 3 is 2.62 bits per heavy atom. The lowest BCUT2D eigenvalue weighted by Crippen LogP contribution is -2.39. The Balaban J connectivity index is 1.91. The van der Waals surface area contributed by atoms with E-state index in [0.717, 1.165) is 12.0 Å². The van der Waals surface area contributed by atoms with Crippen LogP contribution in [0, 0.1) is 5.92 Å². The van der Waals surface area contributed by atoms with E-state index in [9.17, 15) is 4.79 Å². The number of rotatable bonds is 5. The fraction of sp³-hybridized carbons (Fsp3) is 0.350. The highest BCUT2D eigenvalue weighted by atomic mass is 35.5. The van der Waals surface area contributed by atoms with E-state index in [1.54, 1.807) is 18.2 Å². The summed E-state index contributed by atoms with van der Waals surface area (Å²) < 4.78 is 6.06. The summed E-state index contributed by atoms with van der Waals surface area (Å²) in [6, 6.07) is 14.7. The van der Waals surface area contributed by atoms with Crippen molar-refractivity contribution in [2.24, 2.45) is 11.7 Å². The van der Waals surface area contributed by atoms with E-state index in [-0.39, 0.29) is 11.9 Å². The lowest BCUT2D eigenvalue weighted by Gasteiger charge is -2.28. The van der Waals surface area contributed by atoms with Crippen molar-refractivity contribution in [3.63, 3.8) is 0 Å². The highest BCUT2D eigenvalue weighted by molar-refractivity contribution is 6.42. The molecule has 1 heterocycles. The smallest absolute Gasteiger partial charge is 0.268 e. The van der Waals surface area contributed by atoms with Gasteiger partial charge in [0.15, 0.2) is 0 Å². The summed E-state index contributed by atoms with van der Waals surface area (Å²) in [6.45, 7) is 3.26. The molecule has 2 N–H and O–H groups in total. The number of halogens is 2. The first kappa shape index (κ1) is 19.0. The van der Waals surface area contributed by atoms with Crippen molar-refractivity contribution < 1.29 is 9.53 Å². The summed E-state index contributed by atoms with van der Waals surface area (Å²) in [5.41, 5.74) is 6.58. The molecule has 2 aromatic rings. The second-order valence-electron chi connectivity index (χ2n) is 6.64. The Labute approximate surface area is 163 Å². The van der Waals surface area contributed by atoms with Crippen molar-refractivity contribution in [3.8, 4) is 5.75 Å². The molecule has 26 heavy (non-hydrogen) atoms. The molecule has 4 nitrogen and oxygen atoms in total. The SMILES string of the molecule is CC1CC(CN)CN1C(=O)C(Oc1cccc(Cl)c1Cl)c1ccccc1. The van der Waals surface area contributed by atoms with Crippen molar-refractivity contribution in [1.29, 1.82) is 0 Å². The minimum absolute atomic E-state index is 0.0873. The first-order valence-corrected chi connectivity index (χ1v) is 9.43. The number of ether oxygens (including phenoxy) is 1. The maximum Gasteiger partial charge on any atom is 0.268 e. The van der Waals surface area contributed by atoms with Crippen LogP contribution in [0.5, 0.6) is 5.75 Å². The van der Waals surface area contributed by atoms with Gasteiger partial charge in [0, 0.05) is 18.2 Å². The number of nitrogens with two attached hydrogens (primary N) is 1. The first-order valence-electron chi connectivity index (χ1n) is 8.67. The van der Waals surface area contributed by atoms with Gasteiger partial charge in [-0.1, -0.05) is 59.6 Å². The van der Waals surface area contributed by atoms with Gasteiger partial charge in [-0.3, -0.25) is 4.79 Å². The predicted octanol–water partition coefficient (Wildman–Crippen LogP) is 4.31. The summed E-state index contributed by atoms with van der Waals surface area (Å²) in [6.07, 6.45) is 0.118. The van der Waals surface area contributed by atoms with Gasteiger partial charge in [0.1, 0.15) is 10.8 Å². The van der Waals surface area contributed by atoms with Crippen LogP contribution in [-0.2, 0) is 4.79 Å². The standard InChI is InChI=1S/C20H22Cl2N2O2/c1-13-10-14(11-23)12-24(13)20(25)19(15-6-3-2-4-7-15)26-17-9-5-8-16(21)18(17)22/h2-9,13-14,19H,10-12,23H2,1H3. The van der Waals surface area contributed by atoms with Crippen molar-refractivity contribution in [2.45, 2.75) is 25.5 Å². The number of benzene rings is 2. The van der Waals surface area contributed by atoms with Crippen molar-refractivity contribution in [1.82, 2.24) is 4.90 Å². The zero-order chi connectivity index (χ0) is 18.7. The lowest BCUT2D eigenvalue weighted by molar-refractivity contribution is -0.139. The molecule has 0 aliphatic carbocycles. The monoisotopic (exact) mass is 392 g/mol. The van der Waals surface area contributed by atoms with E-state index in [1.807, 2.05) is 42.2 Å². The highest BCUT2D eigenvalue weighted by Crippen LogP contribution is 2.36. The molecule has 1 aliphatic heterocycles. The maximum absolute atomic E-state index is 13.3. The average molecular weight is 393 g/mol. The Morgan fingerprint density at radius 1 is 1.23 bits per heavy atom. The summed E-state index contributed by atoms with van der Waals surface area (Å²) in [5, 5.41) is 0.693. The van der Waals surface area contributed by atoms with Crippen LogP contribution in [0.25, 0.3) is 0 Å². The van der Waals surface area contributed by atoms with Crippen molar-refractivity contribution >= 4 is 29.1 Å². The zero-order valence-corrected chi connectivity index (χ0v) is 16.1. The summed E-state index contributed by atoms with van der Waals surface area (Å²) in [5.74, 6) is 0.624. The predicted molar refractivity (Wildman–Crippen MR) is 105 cm³/mol. The first-order chi connectivity index (χ1) is 12.5. The number of hydrogen-bond donors (Lipinski definition) is 1. The Kier molecular flexibility index (Phi) is 6.07. The third kappa shape index (κ3) is 3.98. The second kappa shape index (κ2) is 8.30. The molecule has 3 rings (SSSR count). The van der Waals surface area contributed by atoms with Crippen LogP contribution in [0.1, 0.15) is 25.0 Å². The van der Waals surface area contributed by atoms with Gasteiger partial charge in [-0.15, -0.1) is 0 Å². The molecular weight excluding hydrogens is 371 g/mol. The van der Waals surface area contributed by atoms with Gasteiger partial charge < -0.3 is 15.4 Å². The van der Waals surface area contributed by atoms with Crippen LogP contribution in [0.2, 0.25) is 10.0 Å². The molecule has 0 bridgehead atoms. The second-order valence-corrected chi connectivity index (χ2v) is 7.42. The van der Waals surface area contributed by atoms with Gasteiger partial charge in [-0.05, 0) is 37.9 Å². The number of nitrogens with zero attached hydrogens (tertiary/aromatic N) is 1. The zero-order valence-electron chi connectivity index (χ0n) is 14.6. The molecular formula is C20H22Cl2N2O2. The third-order valence-corrected chi connectivity index (χ3v) is 5.57. The highest BCUT2D eigenvalue weighted by Gasteiger charge is 2.37. The molecule has 0 radical (unpaired) electrons. The van der Waals surface area contributed by atoms with E-state index in [4.69, 9.17) is 33.7 Å². The van der Waals surface area contributed by atoms with Gasteiger partial charge in [-0.25, -0.2) is 0 Å². The van der Waals surface area contributed by atoms with Crippen LogP contribution in [-0.4, -0.2) is 29.9 Å². The van der Waals surface area contributed by atoms with E-state index in [0.29, 0.717) is 34.8 Å². The fourth-order valence-corrected chi connectivity index (χ4v) is 3.70. The minimum Gasteiger partial charge on any atom is -0.474 e. The molecule has 1 amide bonds. The largest absolute Gasteiger partial charge is 0.474 e. The quantitative estimate of drug-likeness (QED) is 0.824. The van der Waals surface area contributed by atoms with Crippen LogP contribution in [0.15, 0.2) is 48.5 Å². The molecule has 3 unspecified atom stereocenters. The van der Waals surface area contributed by atoms with E-state index < -0.39 is 6.10 Å².